The lowest BCUT2D eigenvalue weighted by Gasteiger charge is -2.38. The highest BCUT2D eigenvalue weighted by molar-refractivity contribution is 7.90. The van der Waals surface area contributed by atoms with Crippen LogP contribution in [0.4, 0.5) is 0 Å². The molecule has 2 atom stereocenters. The third kappa shape index (κ3) is 2.21. The number of carboxylic acid groups (broad SMARTS) is 1. The van der Waals surface area contributed by atoms with Crippen LogP contribution >= 0.6 is 0 Å². The zero-order valence-corrected chi connectivity index (χ0v) is 12.4. The highest BCUT2D eigenvalue weighted by Gasteiger charge is 2.40. The van der Waals surface area contributed by atoms with Gasteiger partial charge in [0.1, 0.15) is 10.9 Å². The van der Waals surface area contributed by atoms with Crippen molar-refractivity contribution >= 4 is 21.8 Å². The van der Waals surface area contributed by atoms with Crippen molar-refractivity contribution in [2.45, 2.75) is 30.7 Å². The summed E-state index contributed by atoms with van der Waals surface area (Å²) in [5, 5.41) is 9.47. The van der Waals surface area contributed by atoms with Crippen molar-refractivity contribution < 1.29 is 18.3 Å². The predicted octanol–water partition coefficient (Wildman–Crippen LogP) is 1.32. The van der Waals surface area contributed by atoms with Crippen molar-refractivity contribution in [3.05, 3.63) is 29.8 Å². The Morgan fingerprint density at radius 2 is 2.10 bits per heavy atom. The summed E-state index contributed by atoms with van der Waals surface area (Å²) in [6.07, 6.45) is 1.64. The number of aliphatic carboxylic acids is 1. The first kappa shape index (κ1) is 14.1. The molecule has 0 amide bonds. The largest absolute Gasteiger partial charge is 0.480 e. The summed E-state index contributed by atoms with van der Waals surface area (Å²) >= 11 is 0. The van der Waals surface area contributed by atoms with Crippen LogP contribution in [0.25, 0.3) is 0 Å². The van der Waals surface area contributed by atoms with Gasteiger partial charge in [0.2, 0.25) is 0 Å². The van der Waals surface area contributed by atoms with Gasteiger partial charge in [-0.3, -0.25) is 0 Å². The minimum atomic E-state index is -3.72. The number of likely N-dealkylation sites (tertiary alicyclic amines) is 1. The summed E-state index contributed by atoms with van der Waals surface area (Å²) < 4.78 is 28.0. The van der Waals surface area contributed by atoms with Crippen molar-refractivity contribution in [2.75, 3.05) is 6.54 Å². The van der Waals surface area contributed by atoms with Crippen LogP contribution in [-0.4, -0.2) is 42.8 Å². The quantitative estimate of drug-likeness (QED) is 0.845. The van der Waals surface area contributed by atoms with Gasteiger partial charge >= 0.3 is 5.97 Å². The fourth-order valence-corrected chi connectivity index (χ4v) is 4.31. The summed E-state index contributed by atoms with van der Waals surface area (Å²) in [7, 11) is -3.72. The maximum Gasteiger partial charge on any atom is 0.326 e. The number of benzene rings is 1. The molecule has 1 saturated heterocycles. The van der Waals surface area contributed by atoms with Gasteiger partial charge in [0.25, 0.3) is 10.0 Å². The van der Waals surface area contributed by atoms with E-state index in [-0.39, 0.29) is 16.6 Å². The molecule has 2 aliphatic heterocycles. The second-order valence-electron chi connectivity index (χ2n) is 5.48. The lowest BCUT2D eigenvalue weighted by atomic mass is 9.90. The molecule has 1 aromatic carbocycles. The first-order chi connectivity index (χ1) is 9.92. The summed E-state index contributed by atoms with van der Waals surface area (Å²) in [6, 6.07) is 5.82. The van der Waals surface area contributed by atoms with E-state index in [0.29, 0.717) is 12.1 Å². The Bertz CT molecular complexity index is 726. The highest BCUT2D eigenvalue weighted by Crippen LogP contribution is 2.32. The second kappa shape index (κ2) is 4.84. The Morgan fingerprint density at radius 1 is 1.38 bits per heavy atom. The molecule has 1 fully saturated rings. The van der Waals surface area contributed by atoms with Gasteiger partial charge < -0.3 is 10.0 Å². The predicted molar refractivity (Wildman–Crippen MR) is 76.7 cm³/mol. The van der Waals surface area contributed by atoms with Gasteiger partial charge in [-0.25, -0.2) is 4.79 Å². The van der Waals surface area contributed by atoms with Gasteiger partial charge in [0, 0.05) is 12.1 Å². The Morgan fingerprint density at radius 3 is 2.81 bits per heavy atom. The topological polar surface area (TPSA) is 87.0 Å². The van der Waals surface area contributed by atoms with Gasteiger partial charge in [-0.1, -0.05) is 19.1 Å². The number of fused-ring (bicyclic) bond motifs is 1. The van der Waals surface area contributed by atoms with E-state index in [9.17, 15) is 18.3 Å². The fourth-order valence-electron chi connectivity index (χ4n) is 3.10. The van der Waals surface area contributed by atoms with E-state index in [2.05, 4.69) is 4.40 Å². The molecule has 7 heteroatoms. The lowest BCUT2D eigenvalue weighted by molar-refractivity contribution is -0.144. The van der Waals surface area contributed by atoms with E-state index in [0.717, 1.165) is 12.8 Å². The summed E-state index contributed by atoms with van der Waals surface area (Å²) in [5.74, 6) is -0.717. The van der Waals surface area contributed by atoms with Crippen LogP contribution < -0.4 is 0 Å². The van der Waals surface area contributed by atoms with Crippen molar-refractivity contribution in [1.29, 1.82) is 0 Å². The number of hydrogen-bond acceptors (Lipinski definition) is 4. The molecule has 3 rings (SSSR count). The van der Waals surface area contributed by atoms with Gasteiger partial charge in [-0.2, -0.15) is 8.42 Å². The van der Waals surface area contributed by atoms with E-state index in [4.69, 9.17) is 0 Å². The van der Waals surface area contributed by atoms with Gasteiger partial charge in [0.05, 0.1) is 0 Å². The third-order valence-corrected chi connectivity index (χ3v) is 5.40. The maximum atomic E-state index is 12.1. The van der Waals surface area contributed by atoms with Crippen LogP contribution in [0.5, 0.6) is 0 Å². The number of amidine groups is 1. The fraction of sp³-hybridized carbons (Fsp3) is 0.429. The lowest BCUT2D eigenvalue weighted by Crippen LogP contribution is -2.51. The molecule has 1 N–H and O–H groups in total. The molecule has 21 heavy (non-hydrogen) atoms. The number of hydrogen-bond donors (Lipinski definition) is 1. The van der Waals surface area contributed by atoms with Gasteiger partial charge in [-0.15, -0.1) is 4.40 Å². The average Bonchev–Trinajstić information content (AvgIpc) is 2.71. The monoisotopic (exact) mass is 308 g/mol. The van der Waals surface area contributed by atoms with Crippen molar-refractivity contribution in [3.63, 3.8) is 0 Å². The summed E-state index contributed by atoms with van der Waals surface area (Å²) in [6.45, 7) is 2.38. The van der Waals surface area contributed by atoms with E-state index in [1.54, 1.807) is 23.1 Å². The molecule has 0 bridgehead atoms. The number of sulfonamides is 1. The first-order valence-corrected chi connectivity index (χ1v) is 8.29. The molecule has 0 aliphatic carbocycles. The Kier molecular flexibility index (Phi) is 3.24. The number of nitrogens with zero attached hydrogens (tertiary/aromatic N) is 2. The molecule has 0 radical (unpaired) electrons. The Balaban J connectivity index is 2.10. The first-order valence-electron chi connectivity index (χ1n) is 6.85. The van der Waals surface area contributed by atoms with Crippen LogP contribution in [0.15, 0.2) is 33.6 Å². The minimum Gasteiger partial charge on any atom is -0.480 e. The SMILES string of the molecule is CC1CCCN(C2=NS(=O)(=O)c3ccccc32)C1C(=O)O. The normalized spacial score (nSPS) is 27.1. The molecule has 0 spiro atoms. The average molecular weight is 308 g/mol. The van der Waals surface area contributed by atoms with Crippen LogP contribution in [-0.2, 0) is 14.8 Å². The third-order valence-electron chi connectivity index (χ3n) is 4.07. The van der Waals surface area contributed by atoms with Gasteiger partial charge in [0.15, 0.2) is 5.84 Å². The van der Waals surface area contributed by atoms with Crippen LogP contribution in [0.3, 0.4) is 0 Å². The molecule has 2 unspecified atom stereocenters. The molecule has 1 aromatic rings. The van der Waals surface area contributed by atoms with Crippen molar-refractivity contribution in [3.8, 4) is 0 Å². The standard InChI is InChI=1S/C14H16N2O4S/c1-9-5-4-8-16(12(9)14(17)18)13-10-6-2-3-7-11(10)21(19,20)15-13/h2-3,6-7,9,12H,4-5,8H2,1H3,(H,17,18). The van der Waals surface area contributed by atoms with Crippen LogP contribution in [0, 0.1) is 5.92 Å². The van der Waals surface area contributed by atoms with Gasteiger partial charge in [-0.05, 0) is 30.9 Å². The number of carbonyl (C=O) groups is 1. The molecule has 6 nitrogen and oxygen atoms in total. The molecular weight excluding hydrogens is 292 g/mol. The van der Waals surface area contributed by atoms with E-state index in [1.807, 2.05) is 6.92 Å². The smallest absolute Gasteiger partial charge is 0.326 e. The zero-order chi connectivity index (χ0) is 15.2. The number of carboxylic acids is 1. The van der Waals surface area contributed by atoms with E-state index >= 15 is 0 Å². The number of rotatable bonds is 1. The van der Waals surface area contributed by atoms with Crippen molar-refractivity contribution in [2.24, 2.45) is 10.3 Å². The molecule has 112 valence electrons. The van der Waals surface area contributed by atoms with Crippen molar-refractivity contribution in [1.82, 2.24) is 4.90 Å². The molecule has 0 aromatic heterocycles. The molecule has 0 saturated carbocycles. The van der Waals surface area contributed by atoms with Crippen LogP contribution in [0.2, 0.25) is 0 Å². The van der Waals surface area contributed by atoms with E-state index < -0.39 is 22.0 Å². The maximum absolute atomic E-state index is 12.1. The zero-order valence-electron chi connectivity index (χ0n) is 11.6. The molecule has 2 heterocycles. The molecular formula is C14H16N2O4S. The van der Waals surface area contributed by atoms with E-state index in [1.165, 1.54) is 6.07 Å². The summed E-state index contributed by atoms with van der Waals surface area (Å²) in [5.41, 5.74) is 0.498. The summed E-state index contributed by atoms with van der Waals surface area (Å²) in [4.78, 5) is 13.3. The Labute approximate surface area is 123 Å². The second-order valence-corrected chi connectivity index (χ2v) is 7.05. The number of piperidine rings is 1. The minimum absolute atomic E-state index is 0.0468. The van der Waals surface area contributed by atoms with Crippen LogP contribution in [0.1, 0.15) is 25.3 Å². The Hall–Kier alpha value is -1.89. The molecule has 2 aliphatic rings. The highest BCUT2D eigenvalue weighted by atomic mass is 32.2.